The number of likely N-dealkylation sites (tertiary alicyclic amines) is 1. The van der Waals surface area contributed by atoms with Gasteiger partial charge in [-0.3, -0.25) is 4.99 Å². The molecule has 1 heterocycles. The number of rotatable bonds is 9. The number of halogens is 1. The number of guanidine groups is 1. The van der Waals surface area contributed by atoms with E-state index >= 15 is 0 Å². The molecule has 1 aliphatic heterocycles. The lowest BCUT2D eigenvalue weighted by Crippen LogP contribution is -2.49. The Hall–Kier alpha value is -1.06. The highest BCUT2D eigenvalue weighted by molar-refractivity contribution is 14.0. The van der Waals surface area contributed by atoms with Crippen molar-refractivity contribution in [2.24, 2.45) is 4.99 Å². The van der Waals surface area contributed by atoms with Crippen LogP contribution in [0.25, 0.3) is 0 Å². The molecular weight excluding hydrogens is 467 g/mol. The van der Waals surface area contributed by atoms with Crippen molar-refractivity contribution in [3.63, 3.8) is 0 Å². The molecule has 0 saturated carbocycles. The Morgan fingerprint density at radius 3 is 2.50 bits per heavy atom. The van der Waals surface area contributed by atoms with Crippen LogP contribution in [0.1, 0.15) is 26.2 Å². The van der Waals surface area contributed by atoms with Gasteiger partial charge in [-0.05, 0) is 39.6 Å². The van der Waals surface area contributed by atoms with E-state index in [9.17, 15) is 0 Å². The number of para-hydroxylation sites is 1. The minimum Gasteiger partial charge on any atom is -0.490 e. The number of nitrogens with one attached hydrogen (secondary N) is 1. The van der Waals surface area contributed by atoms with Crippen molar-refractivity contribution < 1.29 is 9.47 Å². The number of benzene rings is 1. The molecule has 1 aliphatic rings. The fraction of sp³-hybridized carbons (Fsp3) is 0.667. The zero-order valence-electron chi connectivity index (χ0n) is 17.8. The molecule has 0 spiro atoms. The Labute approximate surface area is 187 Å². The van der Waals surface area contributed by atoms with E-state index < -0.39 is 0 Å². The molecule has 1 unspecified atom stereocenters. The molecule has 7 heteroatoms. The topological polar surface area (TPSA) is 49.3 Å². The van der Waals surface area contributed by atoms with Crippen LogP contribution in [0.4, 0.5) is 0 Å². The molecule has 1 atom stereocenters. The molecule has 0 aromatic heterocycles. The van der Waals surface area contributed by atoms with Crippen molar-refractivity contribution in [1.29, 1.82) is 0 Å². The zero-order chi connectivity index (χ0) is 19.5. The predicted molar refractivity (Wildman–Crippen MR) is 127 cm³/mol. The molecule has 0 aliphatic carbocycles. The van der Waals surface area contributed by atoms with E-state index in [1.165, 1.54) is 0 Å². The second kappa shape index (κ2) is 14.0. The molecule has 0 bridgehead atoms. The molecule has 1 fully saturated rings. The third-order valence-corrected chi connectivity index (χ3v) is 4.79. The maximum atomic E-state index is 6.09. The standard InChI is InChI=1S/C21H36N4O2.HI/c1-5-26-20(11-14-24(3)4)17-23-21(22-2)25-15-12-19(13-16-25)27-18-9-7-6-8-10-18;/h6-10,19-20H,5,11-17H2,1-4H3,(H,22,23);1H. The van der Waals surface area contributed by atoms with E-state index in [2.05, 4.69) is 41.1 Å². The third-order valence-electron chi connectivity index (χ3n) is 4.79. The number of aliphatic imine (C=N–C) groups is 1. The molecule has 6 nitrogen and oxygen atoms in total. The SMILES string of the molecule is CCOC(CCN(C)C)CNC(=NC)N1CCC(Oc2ccccc2)CC1.I. The number of hydrogen-bond acceptors (Lipinski definition) is 4. The molecule has 0 radical (unpaired) electrons. The first-order valence-electron chi connectivity index (χ1n) is 10.1. The van der Waals surface area contributed by atoms with Gasteiger partial charge in [0, 0.05) is 52.7 Å². The minimum atomic E-state index is 0. The number of nitrogens with zero attached hydrogens (tertiary/aromatic N) is 3. The first-order chi connectivity index (χ1) is 13.1. The van der Waals surface area contributed by atoms with E-state index in [1.54, 1.807) is 0 Å². The molecule has 1 N–H and O–H groups in total. The number of piperidine rings is 1. The van der Waals surface area contributed by atoms with Crippen molar-refractivity contribution in [1.82, 2.24) is 15.1 Å². The van der Waals surface area contributed by atoms with Gasteiger partial charge in [0.1, 0.15) is 11.9 Å². The van der Waals surface area contributed by atoms with Gasteiger partial charge in [0.2, 0.25) is 0 Å². The smallest absolute Gasteiger partial charge is 0.193 e. The normalized spacial score (nSPS) is 16.6. The minimum absolute atomic E-state index is 0. The van der Waals surface area contributed by atoms with Crippen molar-refractivity contribution in [3.05, 3.63) is 30.3 Å². The molecule has 160 valence electrons. The molecule has 0 amide bonds. The molecule has 1 saturated heterocycles. The number of hydrogen-bond donors (Lipinski definition) is 1. The third kappa shape index (κ3) is 8.96. The fourth-order valence-corrected chi connectivity index (χ4v) is 3.30. The van der Waals surface area contributed by atoms with Crippen LogP contribution in [0.15, 0.2) is 35.3 Å². The second-order valence-corrected chi connectivity index (χ2v) is 7.21. The summed E-state index contributed by atoms with van der Waals surface area (Å²) in [6, 6.07) is 10.1. The zero-order valence-corrected chi connectivity index (χ0v) is 20.1. The van der Waals surface area contributed by atoms with Gasteiger partial charge in [-0.1, -0.05) is 18.2 Å². The Morgan fingerprint density at radius 2 is 1.93 bits per heavy atom. The summed E-state index contributed by atoms with van der Waals surface area (Å²) in [7, 11) is 6.04. The van der Waals surface area contributed by atoms with Gasteiger partial charge in [0.05, 0.1) is 6.10 Å². The van der Waals surface area contributed by atoms with Gasteiger partial charge in [-0.15, -0.1) is 24.0 Å². The van der Waals surface area contributed by atoms with Crippen molar-refractivity contribution in [2.75, 3.05) is 53.9 Å². The molecule has 28 heavy (non-hydrogen) atoms. The van der Waals surface area contributed by atoms with E-state index in [-0.39, 0.29) is 36.2 Å². The van der Waals surface area contributed by atoms with Crippen LogP contribution < -0.4 is 10.1 Å². The summed E-state index contributed by atoms with van der Waals surface area (Å²) < 4.78 is 12.0. The highest BCUT2D eigenvalue weighted by Crippen LogP contribution is 2.18. The van der Waals surface area contributed by atoms with E-state index in [0.29, 0.717) is 0 Å². The summed E-state index contributed by atoms with van der Waals surface area (Å²) in [6.45, 7) is 6.50. The summed E-state index contributed by atoms with van der Waals surface area (Å²) in [6.07, 6.45) is 3.50. The fourth-order valence-electron chi connectivity index (χ4n) is 3.30. The maximum absolute atomic E-state index is 6.09. The summed E-state index contributed by atoms with van der Waals surface area (Å²) in [5, 5.41) is 3.50. The summed E-state index contributed by atoms with van der Waals surface area (Å²) in [5.74, 6) is 1.92. The van der Waals surface area contributed by atoms with Crippen LogP contribution in [0, 0.1) is 0 Å². The number of ether oxygens (including phenoxy) is 2. The lowest BCUT2D eigenvalue weighted by Gasteiger charge is -2.34. The average molecular weight is 504 g/mol. The highest BCUT2D eigenvalue weighted by Gasteiger charge is 2.23. The van der Waals surface area contributed by atoms with Gasteiger partial charge in [-0.2, -0.15) is 0 Å². The molecule has 2 rings (SSSR count). The second-order valence-electron chi connectivity index (χ2n) is 7.21. The Balaban J connectivity index is 0.00000392. The van der Waals surface area contributed by atoms with Crippen LogP contribution in [0.3, 0.4) is 0 Å². The van der Waals surface area contributed by atoms with Crippen LogP contribution in [0.5, 0.6) is 5.75 Å². The molecular formula is C21H37IN4O2. The monoisotopic (exact) mass is 504 g/mol. The van der Waals surface area contributed by atoms with E-state index in [0.717, 1.165) is 63.8 Å². The summed E-state index contributed by atoms with van der Waals surface area (Å²) >= 11 is 0. The predicted octanol–water partition coefficient (Wildman–Crippen LogP) is 3.08. The Morgan fingerprint density at radius 1 is 1.25 bits per heavy atom. The summed E-state index contributed by atoms with van der Waals surface area (Å²) in [5.41, 5.74) is 0. The Kier molecular flexibility index (Phi) is 12.5. The maximum Gasteiger partial charge on any atom is 0.193 e. The molecule has 1 aromatic carbocycles. The van der Waals surface area contributed by atoms with Crippen LogP contribution in [0.2, 0.25) is 0 Å². The lowest BCUT2D eigenvalue weighted by molar-refractivity contribution is 0.0539. The first-order valence-corrected chi connectivity index (χ1v) is 10.1. The van der Waals surface area contributed by atoms with Crippen molar-refractivity contribution in [2.45, 2.75) is 38.4 Å². The van der Waals surface area contributed by atoms with Crippen LogP contribution >= 0.6 is 24.0 Å². The first kappa shape index (κ1) is 25.0. The average Bonchev–Trinajstić information content (AvgIpc) is 2.68. The van der Waals surface area contributed by atoms with E-state index in [4.69, 9.17) is 9.47 Å². The van der Waals surface area contributed by atoms with Crippen molar-refractivity contribution >= 4 is 29.9 Å². The van der Waals surface area contributed by atoms with Crippen LogP contribution in [-0.2, 0) is 4.74 Å². The van der Waals surface area contributed by atoms with Gasteiger partial charge in [-0.25, -0.2) is 0 Å². The summed E-state index contributed by atoms with van der Waals surface area (Å²) in [4.78, 5) is 8.98. The molecule has 1 aromatic rings. The highest BCUT2D eigenvalue weighted by atomic mass is 127. The van der Waals surface area contributed by atoms with Gasteiger partial charge < -0.3 is 24.6 Å². The van der Waals surface area contributed by atoms with Crippen LogP contribution in [-0.4, -0.2) is 81.9 Å². The Bertz CT molecular complexity index is 549. The lowest BCUT2D eigenvalue weighted by atomic mass is 10.1. The van der Waals surface area contributed by atoms with Gasteiger partial charge in [0.15, 0.2) is 5.96 Å². The quantitative estimate of drug-likeness (QED) is 0.318. The largest absolute Gasteiger partial charge is 0.490 e. The van der Waals surface area contributed by atoms with Gasteiger partial charge >= 0.3 is 0 Å². The van der Waals surface area contributed by atoms with Gasteiger partial charge in [0.25, 0.3) is 0 Å². The van der Waals surface area contributed by atoms with Crippen molar-refractivity contribution in [3.8, 4) is 5.75 Å². The van der Waals surface area contributed by atoms with E-state index in [1.807, 2.05) is 37.4 Å².